The van der Waals surface area contributed by atoms with Gasteiger partial charge in [-0.1, -0.05) is 208 Å². The van der Waals surface area contributed by atoms with Gasteiger partial charge in [0.25, 0.3) is 0 Å². The Morgan fingerprint density at radius 3 is 1.16 bits per heavy atom. The summed E-state index contributed by atoms with van der Waals surface area (Å²) in [7, 11) is 0. The third kappa shape index (κ3) is 31.8. The Kier molecular flexibility index (Phi) is 36.1. The molecule has 0 saturated carbocycles. The van der Waals surface area contributed by atoms with Crippen LogP contribution in [0.5, 0.6) is 0 Å². The Balaban J connectivity index is 4.38. The number of esters is 1. The van der Waals surface area contributed by atoms with Gasteiger partial charge in [0.05, 0.1) is 12.0 Å². The molecule has 0 bridgehead atoms. The molecule has 0 fully saturated rings. The lowest BCUT2D eigenvalue weighted by atomic mass is 9.79. The zero-order valence-electron chi connectivity index (χ0n) is 39.5. The minimum absolute atomic E-state index is 0.0500. The summed E-state index contributed by atoms with van der Waals surface area (Å²) in [4.78, 5) is 39.1. The van der Waals surface area contributed by atoms with Crippen molar-refractivity contribution in [3.05, 3.63) is 0 Å². The first-order chi connectivity index (χ1) is 26.9. The van der Waals surface area contributed by atoms with E-state index in [0.717, 1.165) is 64.2 Å². The second-order valence-corrected chi connectivity index (χ2v) is 19.5. The van der Waals surface area contributed by atoms with E-state index in [4.69, 9.17) is 4.74 Å². The predicted octanol–water partition coefficient (Wildman–Crippen LogP) is 17.1. The predicted molar refractivity (Wildman–Crippen MR) is 244 cm³/mol. The summed E-state index contributed by atoms with van der Waals surface area (Å²) in [5.74, 6) is 1.96. The number of rotatable bonds is 43. The van der Waals surface area contributed by atoms with Crippen molar-refractivity contribution in [2.24, 2.45) is 22.7 Å². The molecular weight excluding hydrogens is 689 g/mol. The normalized spacial score (nSPS) is 12.2. The summed E-state index contributed by atoms with van der Waals surface area (Å²) >= 11 is 0. The first kappa shape index (κ1) is 54.8. The molecule has 0 atom stereocenters. The maximum Gasteiger partial charge on any atom is 0.311 e. The number of hydrogen-bond acceptors (Lipinski definition) is 4. The highest BCUT2D eigenvalue weighted by molar-refractivity contribution is 5.84. The molecule has 4 nitrogen and oxygen atoms in total. The molecule has 0 aliphatic carbocycles. The fourth-order valence-electron chi connectivity index (χ4n) is 8.45. The maximum absolute atomic E-state index is 13.3. The topological polar surface area (TPSA) is 60.4 Å². The van der Waals surface area contributed by atoms with Crippen LogP contribution < -0.4 is 0 Å². The van der Waals surface area contributed by atoms with E-state index in [2.05, 4.69) is 41.5 Å². The summed E-state index contributed by atoms with van der Waals surface area (Å²) < 4.78 is 5.97. The standard InChI is InChI=1S/C52H100O4/c1-9-13-17-21-27-35-46(36-28-22-18-14-10-2)41-42-49(54)51(5,6)43-33-25-31-39-48(53)40-32-26-34-44-52(7,8)50(55)56-45-47(37-29-23-19-15-11-3)38-30-24-20-16-12-4/h46-47H,9-45H2,1-8H3. The summed E-state index contributed by atoms with van der Waals surface area (Å²) in [5, 5.41) is 0. The van der Waals surface area contributed by atoms with Crippen molar-refractivity contribution in [2.75, 3.05) is 6.61 Å². The van der Waals surface area contributed by atoms with Crippen molar-refractivity contribution < 1.29 is 19.1 Å². The number of ether oxygens (including phenoxy) is 1. The lowest BCUT2D eigenvalue weighted by Gasteiger charge is -2.25. The van der Waals surface area contributed by atoms with Gasteiger partial charge in [-0.2, -0.15) is 0 Å². The summed E-state index contributed by atoms with van der Waals surface area (Å²) in [6.07, 6.45) is 41.8. The Morgan fingerprint density at radius 2 is 0.750 bits per heavy atom. The van der Waals surface area contributed by atoms with E-state index in [1.54, 1.807) is 0 Å². The van der Waals surface area contributed by atoms with E-state index in [1.165, 1.54) is 154 Å². The number of hydrogen-bond donors (Lipinski definition) is 0. The van der Waals surface area contributed by atoms with Gasteiger partial charge in [0.15, 0.2) is 0 Å². The van der Waals surface area contributed by atoms with Crippen LogP contribution in [0.1, 0.15) is 287 Å². The molecule has 0 aromatic carbocycles. The van der Waals surface area contributed by atoms with Crippen molar-refractivity contribution >= 4 is 17.5 Å². The molecule has 0 spiro atoms. The van der Waals surface area contributed by atoms with Crippen LogP contribution in [0.25, 0.3) is 0 Å². The fraction of sp³-hybridized carbons (Fsp3) is 0.942. The van der Waals surface area contributed by atoms with Gasteiger partial charge in [-0.3, -0.25) is 14.4 Å². The van der Waals surface area contributed by atoms with E-state index < -0.39 is 5.41 Å². The molecule has 0 aliphatic heterocycles. The van der Waals surface area contributed by atoms with E-state index in [0.29, 0.717) is 42.9 Å². The molecule has 0 aromatic rings. The quantitative estimate of drug-likeness (QED) is 0.0456. The van der Waals surface area contributed by atoms with Gasteiger partial charge < -0.3 is 4.74 Å². The second kappa shape index (κ2) is 36.9. The van der Waals surface area contributed by atoms with Crippen molar-refractivity contribution in [3.8, 4) is 0 Å². The fourth-order valence-corrected chi connectivity index (χ4v) is 8.45. The van der Waals surface area contributed by atoms with E-state index in [1.807, 2.05) is 13.8 Å². The van der Waals surface area contributed by atoms with Crippen LogP contribution in [0.3, 0.4) is 0 Å². The Labute approximate surface area is 351 Å². The number of Topliss-reactive ketones (excluding diaryl/α,β-unsaturated/α-hetero) is 2. The molecular formula is C52H100O4. The molecule has 0 radical (unpaired) electrons. The average molecular weight is 789 g/mol. The Bertz CT molecular complexity index is 820. The third-order valence-electron chi connectivity index (χ3n) is 12.9. The van der Waals surface area contributed by atoms with Gasteiger partial charge in [-0.15, -0.1) is 0 Å². The lowest BCUT2D eigenvalue weighted by molar-refractivity contribution is -0.156. The number of carbonyl (C=O) groups is 3. The van der Waals surface area contributed by atoms with Crippen LogP contribution in [0.2, 0.25) is 0 Å². The van der Waals surface area contributed by atoms with Crippen LogP contribution >= 0.6 is 0 Å². The van der Waals surface area contributed by atoms with Crippen LogP contribution in [-0.4, -0.2) is 24.1 Å². The molecule has 0 unspecified atom stereocenters. The highest BCUT2D eigenvalue weighted by atomic mass is 16.5. The minimum atomic E-state index is -0.477. The highest BCUT2D eigenvalue weighted by Gasteiger charge is 2.30. The summed E-state index contributed by atoms with van der Waals surface area (Å²) in [6.45, 7) is 18.0. The van der Waals surface area contributed by atoms with Crippen LogP contribution in [0.15, 0.2) is 0 Å². The van der Waals surface area contributed by atoms with Crippen molar-refractivity contribution in [1.29, 1.82) is 0 Å². The molecule has 56 heavy (non-hydrogen) atoms. The van der Waals surface area contributed by atoms with Gasteiger partial charge in [-0.25, -0.2) is 0 Å². The van der Waals surface area contributed by atoms with Crippen LogP contribution in [-0.2, 0) is 19.1 Å². The maximum atomic E-state index is 13.3. The molecule has 0 aromatic heterocycles. The van der Waals surface area contributed by atoms with Crippen molar-refractivity contribution in [2.45, 2.75) is 287 Å². The minimum Gasteiger partial charge on any atom is -0.465 e. The first-order valence-electron chi connectivity index (χ1n) is 25.2. The SMILES string of the molecule is CCCCCCCC(CCCCCCC)CCC(=O)C(C)(C)CCCCCC(=O)CCCCCC(C)(C)C(=O)OCC(CCCCCCC)CCCCCCC. The average Bonchev–Trinajstić information content (AvgIpc) is 3.17. The third-order valence-corrected chi connectivity index (χ3v) is 12.9. The largest absolute Gasteiger partial charge is 0.465 e. The Hall–Kier alpha value is -1.19. The molecule has 0 aliphatic rings. The lowest BCUT2D eigenvalue weighted by Crippen LogP contribution is -2.28. The van der Waals surface area contributed by atoms with E-state index >= 15 is 0 Å². The highest BCUT2D eigenvalue weighted by Crippen LogP contribution is 2.31. The smallest absolute Gasteiger partial charge is 0.311 e. The van der Waals surface area contributed by atoms with Gasteiger partial charge in [0.1, 0.15) is 11.6 Å². The van der Waals surface area contributed by atoms with Crippen molar-refractivity contribution in [1.82, 2.24) is 0 Å². The number of ketones is 2. The number of carbonyl (C=O) groups excluding carboxylic acids is 3. The van der Waals surface area contributed by atoms with Crippen LogP contribution in [0.4, 0.5) is 0 Å². The zero-order chi connectivity index (χ0) is 41.8. The summed E-state index contributed by atoms with van der Waals surface area (Å²) in [6, 6.07) is 0. The molecule has 0 N–H and O–H groups in total. The molecule has 332 valence electrons. The molecule has 0 rings (SSSR count). The Morgan fingerprint density at radius 1 is 0.393 bits per heavy atom. The molecule has 0 saturated heterocycles. The van der Waals surface area contributed by atoms with E-state index in [-0.39, 0.29) is 11.4 Å². The molecule has 0 heterocycles. The number of unbranched alkanes of at least 4 members (excludes halogenated alkanes) is 20. The zero-order valence-corrected chi connectivity index (χ0v) is 39.5. The van der Waals surface area contributed by atoms with Gasteiger partial charge in [-0.05, 0) is 70.6 Å². The van der Waals surface area contributed by atoms with Crippen molar-refractivity contribution in [3.63, 3.8) is 0 Å². The first-order valence-corrected chi connectivity index (χ1v) is 25.2. The van der Waals surface area contributed by atoms with Gasteiger partial charge >= 0.3 is 5.97 Å². The van der Waals surface area contributed by atoms with Gasteiger partial charge in [0.2, 0.25) is 0 Å². The molecule has 4 heteroatoms. The summed E-state index contributed by atoms with van der Waals surface area (Å²) in [5.41, 5.74) is -0.740. The van der Waals surface area contributed by atoms with Crippen LogP contribution in [0, 0.1) is 22.7 Å². The van der Waals surface area contributed by atoms with E-state index in [9.17, 15) is 14.4 Å². The van der Waals surface area contributed by atoms with Gasteiger partial charge in [0, 0.05) is 24.7 Å². The second-order valence-electron chi connectivity index (χ2n) is 19.5. The molecule has 0 amide bonds. The monoisotopic (exact) mass is 789 g/mol.